The number of hydrogen-bond donors (Lipinski definition) is 2. The molecule has 2 aromatic rings. The topological polar surface area (TPSA) is 70.2 Å². The molecular formula is C17H21N5O. The summed E-state index contributed by atoms with van der Waals surface area (Å²) in [6, 6.07) is 9.34. The van der Waals surface area contributed by atoms with Crippen molar-refractivity contribution in [2.24, 2.45) is 0 Å². The van der Waals surface area contributed by atoms with E-state index >= 15 is 0 Å². The minimum absolute atomic E-state index is 0.275. The van der Waals surface area contributed by atoms with Gasteiger partial charge in [-0.2, -0.15) is 0 Å². The summed E-state index contributed by atoms with van der Waals surface area (Å²) < 4.78 is 0. The van der Waals surface area contributed by atoms with Gasteiger partial charge in [-0.15, -0.1) is 0 Å². The molecule has 1 aliphatic rings. The Hall–Kier alpha value is -2.63. The van der Waals surface area contributed by atoms with Gasteiger partial charge in [0.2, 0.25) is 0 Å². The Balaban J connectivity index is 1.55. The second-order valence-electron chi connectivity index (χ2n) is 5.93. The van der Waals surface area contributed by atoms with E-state index in [1.165, 1.54) is 12.8 Å². The van der Waals surface area contributed by atoms with Crippen LogP contribution in [0.3, 0.4) is 0 Å². The van der Waals surface area contributed by atoms with Crippen LogP contribution >= 0.6 is 0 Å². The molecule has 1 aliphatic carbocycles. The van der Waals surface area contributed by atoms with Crippen molar-refractivity contribution in [3.8, 4) is 0 Å². The standard InChI is InChI=1S/C17H21N5O/c1-22(2)14-8-9-18-13(10-14)11-19-17(23)21-16-5-3-4-15(20-16)12-6-7-12/h3-5,8-10,12H,6-7,11H2,1-2H3,(H2,19,20,21,23). The first-order chi connectivity index (χ1) is 11.1. The number of nitrogens with one attached hydrogen (secondary N) is 2. The number of urea groups is 1. The van der Waals surface area contributed by atoms with Crippen LogP contribution in [0.15, 0.2) is 36.5 Å². The van der Waals surface area contributed by atoms with Crippen LogP contribution in [0.5, 0.6) is 0 Å². The molecule has 0 aliphatic heterocycles. The van der Waals surface area contributed by atoms with E-state index in [0.717, 1.165) is 17.1 Å². The molecule has 2 N–H and O–H groups in total. The van der Waals surface area contributed by atoms with E-state index in [4.69, 9.17) is 0 Å². The summed E-state index contributed by atoms with van der Waals surface area (Å²) in [5, 5.41) is 5.58. The van der Waals surface area contributed by atoms with E-state index in [2.05, 4.69) is 20.6 Å². The Morgan fingerprint density at radius 1 is 1.30 bits per heavy atom. The first-order valence-electron chi connectivity index (χ1n) is 7.76. The van der Waals surface area contributed by atoms with E-state index in [9.17, 15) is 4.79 Å². The van der Waals surface area contributed by atoms with E-state index in [-0.39, 0.29) is 6.03 Å². The molecule has 2 amide bonds. The molecule has 0 spiro atoms. The fourth-order valence-electron chi connectivity index (χ4n) is 2.30. The molecule has 1 saturated carbocycles. The smallest absolute Gasteiger partial charge is 0.320 e. The third-order valence-corrected chi connectivity index (χ3v) is 3.75. The van der Waals surface area contributed by atoms with Gasteiger partial charge in [0.15, 0.2) is 0 Å². The highest BCUT2D eigenvalue weighted by Crippen LogP contribution is 2.39. The summed E-state index contributed by atoms with van der Waals surface area (Å²) in [6.07, 6.45) is 4.12. The molecule has 0 aromatic carbocycles. The zero-order chi connectivity index (χ0) is 16.2. The van der Waals surface area contributed by atoms with Crippen molar-refractivity contribution in [1.29, 1.82) is 0 Å². The number of pyridine rings is 2. The largest absolute Gasteiger partial charge is 0.378 e. The van der Waals surface area contributed by atoms with Gasteiger partial charge in [0.25, 0.3) is 0 Å². The normalized spacial score (nSPS) is 13.5. The molecule has 23 heavy (non-hydrogen) atoms. The lowest BCUT2D eigenvalue weighted by Gasteiger charge is -2.13. The maximum Gasteiger partial charge on any atom is 0.320 e. The Labute approximate surface area is 135 Å². The van der Waals surface area contributed by atoms with Crippen molar-refractivity contribution in [2.45, 2.75) is 25.3 Å². The average Bonchev–Trinajstić information content (AvgIpc) is 3.38. The number of rotatable bonds is 5. The second kappa shape index (κ2) is 6.64. The van der Waals surface area contributed by atoms with Crippen LogP contribution in [0.2, 0.25) is 0 Å². The Morgan fingerprint density at radius 3 is 2.87 bits per heavy atom. The summed E-state index contributed by atoms with van der Waals surface area (Å²) in [6.45, 7) is 0.371. The number of carbonyl (C=O) groups is 1. The van der Waals surface area contributed by atoms with Gasteiger partial charge < -0.3 is 10.2 Å². The van der Waals surface area contributed by atoms with E-state index in [1.807, 2.05) is 43.3 Å². The minimum Gasteiger partial charge on any atom is -0.378 e. The van der Waals surface area contributed by atoms with Gasteiger partial charge in [-0.05, 0) is 37.1 Å². The molecule has 120 valence electrons. The third kappa shape index (κ3) is 4.18. The molecule has 3 rings (SSSR count). The van der Waals surface area contributed by atoms with Crippen LogP contribution in [-0.4, -0.2) is 30.1 Å². The van der Waals surface area contributed by atoms with E-state index in [0.29, 0.717) is 18.3 Å². The van der Waals surface area contributed by atoms with Crippen LogP contribution in [0.4, 0.5) is 16.3 Å². The summed E-state index contributed by atoms with van der Waals surface area (Å²) in [4.78, 5) is 22.7. The highest BCUT2D eigenvalue weighted by molar-refractivity contribution is 5.88. The molecule has 0 bridgehead atoms. The second-order valence-corrected chi connectivity index (χ2v) is 5.93. The first kappa shape index (κ1) is 15.3. The Kier molecular flexibility index (Phi) is 4.41. The lowest BCUT2D eigenvalue weighted by atomic mass is 10.2. The molecule has 1 fully saturated rings. The van der Waals surface area contributed by atoms with Crippen molar-refractivity contribution >= 4 is 17.5 Å². The van der Waals surface area contributed by atoms with E-state index < -0.39 is 0 Å². The van der Waals surface area contributed by atoms with Crippen molar-refractivity contribution in [3.05, 3.63) is 47.9 Å². The van der Waals surface area contributed by atoms with Gasteiger partial charge in [0, 0.05) is 37.6 Å². The summed E-state index contributed by atoms with van der Waals surface area (Å²) in [5.41, 5.74) is 2.92. The van der Waals surface area contributed by atoms with Crippen molar-refractivity contribution in [1.82, 2.24) is 15.3 Å². The van der Waals surface area contributed by atoms with Gasteiger partial charge in [-0.25, -0.2) is 9.78 Å². The van der Waals surface area contributed by atoms with Crippen LogP contribution in [0.1, 0.15) is 30.1 Å². The number of nitrogens with zero attached hydrogens (tertiary/aromatic N) is 3. The molecular weight excluding hydrogens is 290 g/mol. The summed E-state index contributed by atoms with van der Waals surface area (Å²) in [7, 11) is 3.94. The van der Waals surface area contributed by atoms with Gasteiger partial charge in [0.1, 0.15) is 5.82 Å². The predicted molar refractivity (Wildman–Crippen MR) is 90.6 cm³/mol. The number of hydrogen-bond acceptors (Lipinski definition) is 4. The number of carbonyl (C=O) groups excluding carboxylic acids is 1. The zero-order valence-corrected chi connectivity index (χ0v) is 13.4. The highest BCUT2D eigenvalue weighted by Gasteiger charge is 2.24. The quantitative estimate of drug-likeness (QED) is 0.891. The maximum absolute atomic E-state index is 12.0. The van der Waals surface area contributed by atoms with Gasteiger partial charge in [0.05, 0.1) is 12.2 Å². The Bertz CT molecular complexity index is 697. The summed E-state index contributed by atoms with van der Waals surface area (Å²) in [5.74, 6) is 1.15. The van der Waals surface area contributed by atoms with Gasteiger partial charge in [-0.1, -0.05) is 6.07 Å². The fraction of sp³-hybridized carbons (Fsp3) is 0.353. The number of anilines is 2. The molecule has 6 heteroatoms. The van der Waals surface area contributed by atoms with Crippen molar-refractivity contribution in [2.75, 3.05) is 24.3 Å². The zero-order valence-electron chi connectivity index (χ0n) is 13.4. The molecule has 0 unspecified atom stereocenters. The molecule has 6 nitrogen and oxygen atoms in total. The molecule has 2 heterocycles. The van der Waals surface area contributed by atoms with Crippen LogP contribution in [0.25, 0.3) is 0 Å². The molecule has 2 aromatic heterocycles. The fourth-order valence-corrected chi connectivity index (χ4v) is 2.30. The average molecular weight is 311 g/mol. The van der Waals surface area contributed by atoms with Gasteiger partial charge >= 0.3 is 6.03 Å². The molecule has 0 atom stereocenters. The highest BCUT2D eigenvalue weighted by atomic mass is 16.2. The lowest BCUT2D eigenvalue weighted by molar-refractivity contribution is 0.251. The van der Waals surface area contributed by atoms with Crippen LogP contribution < -0.4 is 15.5 Å². The SMILES string of the molecule is CN(C)c1ccnc(CNC(=O)Nc2cccc(C3CC3)n2)c1. The molecule has 0 radical (unpaired) electrons. The number of aromatic nitrogens is 2. The summed E-state index contributed by atoms with van der Waals surface area (Å²) >= 11 is 0. The number of amides is 2. The third-order valence-electron chi connectivity index (χ3n) is 3.75. The lowest BCUT2D eigenvalue weighted by Crippen LogP contribution is -2.29. The van der Waals surface area contributed by atoms with Crippen LogP contribution in [0, 0.1) is 0 Å². The van der Waals surface area contributed by atoms with Crippen LogP contribution in [-0.2, 0) is 6.54 Å². The minimum atomic E-state index is -0.275. The molecule has 0 saturated heterocycles. The first-order valence-corrected chi connectivity index (χ1v) is 7.76. The Morgan fingerprint density at radius 2 is 2.13 bits per heavy atom. The monoisotopic (exact) mass is 311 g/mol. The predicted octanol–water partition coefficient (Wildman–Crippen LogP) is 2.74. The van der Waals surface area contributed by atoms with Gasteiger partial charge in [-0.3, -0.25) is 10.3 Å². The van der Waals surface area contributed by atoms with Crippen molar-refractivity contribution < 1.29 is 4.79 Å². The maximum atomic E-state index is 12.0. The van der Waals surface area contributed by atoms with E-state index in [1.54, 1.807) is 12.3 Å². The van der Waals surface area contributed by atoms with Crippen molar-refractivity contribution in [3.63, 3.8) is 0 Å².